The third-order valence-electron chi connectivity index (χ3n) is 3.07. The van der Waals surface area contributed by atoms with Crippen molar-refractivity contribution in [1.82, 2.24) is 4.31 Å². The highest BCUT2D eigenvalue weighted by atomic mass is 35.5. The van der Waals surface area contributed by atoms with Gasteiger partial charge in [-0.2, -0.15) is 4.31 Å². The Kier molecular flexibility index (Phi) is 4.71. The summed E-state index contributed by atoms with van der Waals surface area (Å²) in [4.78, 5) is 0.255. The predicted octanol–water partition coefficient (Wildman–Crippen LogP) is 2.91. The Morgan fingerprint density at radius 3 is 2.63 bits per heavy atom. The van der Waals surface area contributed by atoms with Crippen LogP contribution in [0.25, 0.3) is 0 Å². The standard InChI is InChI=1S/C13H18ClNO3S/c1-2-9-18-13-10-11(5-6-12(13)14)19(16,17)15-7-3-4-8-15/h5-6,10H,2-4,7-9H2,1H3. The van der Waals surface area contributed by atoms with Crippen LogP contribution in [0.1, 0.15) is 26.2 Å². The van der Waals surface area contributed by atoms with Gasteiger partial charge in [-0.1, -0.05) is 18.5 Å². The lowest BCUT2D eigenvalue weighted by Gasteiger charge is -2.16. The predicted molar refractivity (Wildman–Crippen MR) is 75.2 cm³/mol. The van der Waals surface area contributed by atoms with Gasteiger partial charge < -0.3 is 4.74 Å². The zero-order valence-corrected chi connectivity index (χ0v) is 12.5. The summed E-state index contributed by atoms with van der Waals surface area (Å²) in [5, 5.41) is 0.439. The van der Waals surface area contributed by atoms with E-state index in [1.807, 2.05) is 6.92 Å². The number of ether oxygens (including phenoxy) is 1. The highest BCUT2D eigenvalue weighted by molar-refractivity contribution is 7.89. The van der Waals surface area contributed by atoms with Crippen molar-refractivity contribution < 1.29 is 13.2 Å². The molecule has 0 aromatic heterocycles. The molecule has 4 nitrogen and oxygen atoms in total. The molecule has 1 saturated heterocycles. The van der Waals surface area contributed by atoms with Crippen LogP contribution in [-0.4, -0.2) is 32.4 Å². The van der Waals surface area contributed by atoms with Gasteiger partial charge in [0.05, 0.1) is 16.5 Å². The molecule has 1 aromatic carbocycles. The second kappa shape index (κ2) is 6.11. The van der Waals surface area contributed by atoms with E-state index in [-0.39, 0.29) is 4.90 Å². The maximum absolute atomic E-state index is 12.4. The molecule has 0 aliphatic carbocycles. The Morgan fingerprint density at radius 2 is 2.00 bits per heavy atom. The van der Waals surface area contributed by atoms with Crippen LogP contribution in [0.3, 0.4) is 0 Å². The normalized spacial score (nSPS) is 16.7. The van der Waals surface area contributed by atoms with Crippen LogP contribution in [0.5, 0.6) is 5.75 Å². The van der Waals surface area contributed by atoms with Crippen molar-refractivity contribution in [3.63, 3.8) is 0 Å². The summed E-state index contributed by atoms with van der Waals surface area (Å²) in [6.45, 7) is 3.69. The second-order valence-corrected chi connectivity index (χ2v) is 6.90. The molecule has 0 spiro atoms. The molecule has 106 valence electrons. The summed E-state index contributed by atoms with van der Waals surface area (Å²) in [6, 6.07) is 4.63. The van der Waals surface area contributed by atoms with E-state index in [9.17, 15) is 8.42 Å². The van der Waals surface area contributed by atoms with Crippen molar-refractivity contribution in [2.24, 2.45) is 0 Å². The molecule has 2 rings (SSSR count). The summed E-state index contributed by atoms with van der Waals surface area (Å²) in [5.41, 5.74) is 0. The van der Waals surface area contributed by atoms with E-state index in [1.54, 1.807) is 6.07 Å². The van der Waals surface area contributed by atoms with E-state index in [1.165, 1.54) is 16.4 Å². The maximum atomic E-state index is 12.4. The van der Waals surface area contributed by atoms with Gasteiger partial charge in [0.15, 0.2) is 0 Å². The van der Waals surface area contributed by atoms with Crippen LogP contribution >= 0.6 is 11.6 Å². The lowest BCUT2D eigenvalue weighted by Crippen LogP contribution is -2.27. The molecule has 0 N–H and O–H groups in total. The molecular weight excluding hydrogens is 286 g/mol. The number of nitrogens with zero attached hydrogens (tertiary/aromatic N) is 1. The lowest BCUT2D eigenvalue weighted by molar-refractivity contribution is 0.316. The number of hydrogen-bond acceptors (Lipinski definition) is 3. The monoisotopic (exact) mass is 303 g/mol. The molecule has 0 unspecified atom stereocenters. The first-order chi connectivity index (χ1) is 9.05. The van der Waals surface area contributed by atoms with E-state index < -0.39 is 10.0 Å². The molecule has 6 heteroatoms. The van der Waals surface area contributed by atoms with Gasteiger partial charge in [0, 0.05) is 19.2 Å². The van der Waals surface area contributed by atoms with Gasteiger partial charge in [-0.25, -0.2) is 8.42 Å². The maximum Gasteiger partial charge on any atom is 0.243 e. The van der Waals surface area contributed by atoms with Gasteiger partial charge in [0.25, 0.3) is 0 Å². The van der Waals surface area contributed by atoms with Crippen molar-refractivity contribution in [1.29, 1.82) is 0 Å². The zero-order valence-electron chi connectivity index (χ0n) is 10.9. The number of hydrogen-bond donors (Lipinski definition) is 0. The van der Waals surface area contributed by atoms with E-state index in [0.29, 0.717) is 30.5 Å². The largest absolute Gasteiger partial charge is 0.492 e. The SMILES string of the molecule is CCCOc1cc(S(=O)(=O)N2CCCC2)ccc1Cl. The number of sulfonamides is 1. The average Bonchev–Trinajstić information content (AvgIpc) is 2.92. The lowest BCUT2D eigenvalue weighted by atomic mass is 10.3. The molecule has 1 heterocycles. The smallest absolute Gasteiger partial charge is 0.243 e. The third-order valence-corrected chi connectivity index (χ3v) is 5.27. The number of halogens is 1. The van der Waals surface area contributed by atoms with Crippen molar-refractivity contribution in [3.05, 3.63) is 23.2 Å². The molecular formula is C13H18ClNO3S. The summed E-state index contributed by atoms with van der Waals surface area (Å²) < 4.78 is 31.8. The van der Waals surface area contributed by atoms with Gasteiger partial charge in [0.2, 0.25) is 10.0 Å². The highest BCUT2D eigenvalue weighted by Crippen LogP contribution is 2.30. The molecule has 1 aromatic rings. The second-order valence-electron chi connectivity index (χ2n) is 4.55. The molecule has 0 atom stereocenters. The molecule has 0 radical (unpaired) electrons. The minimum Gasteiger partial charge on any atom is -0.492 e. The van der Waals surface area contributed by atoms with Crippen LogP contribution in [0.15, 0.2) is 23.1 Å². The molecule has 19 heavy (non-hydrogen) atoms. The first kappa shape index (κ1) is 14.6. The summed E-state index contributed by atoms with van der Waals surface area (Å²) in [6.07, 6.45) is 2.69. The fraction of sp³-hybridized carbons (Fsp3) is 0.538. The quantitative estimate of drug-likeness (QED) is 0.840. The van der Waals surface area contributed by atoms with E-state index in [2.05, 4.69) is 0 Å². The van der Waals surface area contributed by atoms with E-state index in [0.717, 1.165) is 19.3 Å². The van der Waals surface area contributed by atoms with Crippen LogP contribution in [0, 0.1) is 0 Å². The molecule has 1 fully saturated rings. The first-order valence-electron chi connectivity index (χ1n) is 6.48. The molecule has 0 bridgehead atoms. The van der Waals surface area contributed by atoms with Crippen molar-refractivity contribution in [2.75, 3.05) is 19.7 Å². The Balaban J connectivity index is 2.29. The van der Waals surface area contributed by atoms with Gasteiger partial charge in [-0.05, 0) is 31.4 Å². The van der Waals surface area contributed by atoms with Crippen LogP contribution in [0.4, 0.5) is 0 Å². The molecule has 1 aliphatic rings. The number of benzene rings is 1. The Hall–Kier alpha value is -0.780. The van der Waals surface area contributed by atoms with Crippen LogP contribution < -0.4 is 4.74 Å². The molecule has 0 saturated carbocycles. The fourth-order valence-corrected chi connectivity index (χ4v) is 3.75. The Bertz CT molecular complexity index is 539. The first-order valence-corrected chi connectivity index (χ1v) is 8.30. The Morgan fingerprint density at radius 1 is 1.32 bits per heavy atom. The van der Waals surface area contributed by atoms with Gasteiger partial charge in [-0.3, -0.25) is 0 Å². The van der Waals surface area contributed by atoms with Crippen molar-refractivity contribution in [3.8, 4) is 5.75 Å². The van der Waals surface area contributed by atoms with Crippen molar-refractivity contribution in [2.45, 2.75) is 31.1 Å². The molecule has 0 amide bonds. The van der Waals surface area contributed by atoms with Crippen molar-refractivity contribution >= 4 is 21.6 Å². The van der Waals surface area contributed by atoms with E-state index >= 15 is 0 Å². The molecule has 1 aliphatic heterocycles. The fourth-order valence-electron chi connectivity index (χ4n) is 2.04. The van der Waals surface area contributed by atoms with Gasteiger partial charge >= 0.3 is 0 Å². The van der Waals surface area contributed by atoms with Crippen LogP contribution in [-0.2, 0) is 10.0 Å². The third kappa shape index (κ3) is 3.22. The topological polar surface area (TPSA) is 46.6 Å². The Labute approximate surface area is 119 Å². The summed E-state index contributed by atoms with van der Waals surface area (Å²) >= 11 is 6.01. The number of rotatable bonds is 5. The summed E-state index contributed by atoms with van der Waals surface area (Å²) in [7, 11) is -3.41. The van der Waals surface area contributed by atoms with E-state index in [4.69, 9.17) is 16.3 Å². The highest BCUT2D eigenvalue weighted by Gasteiger charge is 2.27. The van der Waals surface area contributed by atoms with Crippen LogP contribution in [0.2, 0.25) is 5.02 Å². The van der Waals surface area contributed by atoms with Gasteiger partial charge in [0.1, 0.15) is 5.75 Å². The average molecular weight is 304 g/mol. The minimum absolute atomic E-state index is 0.255. The minimum atomic E-state index is -3.41. The summed E-state index contributed by atoms with van der Waals surface area (Å²) in [5.74, 6) is 0.434. The van der Waals surface area contributed by atoms with Gasteiger partial charge in [-0.15, -0.1) is 0 Å². The zero-order chi connectivity index (χ0) is 13.9.